The van der Waals surface area contributed by atoms with Crippen molar-refractivity contribution in [3.05, 3.63) is 22.7 Å². The zero-order valence-corrected chi connectivity index (χ0v) is 5.00. The molecule has 0 spiro atoms. The highest BCUT2D eigenvalue weighted by molar-refractivity contribution is 9.10. The van der Waals surface area contributed by atoms with E-state index >= 15 is 0 Å². The summed E-state index contributed by atoms with van der Waals surface area (Å²) in [7, 11) is 0. The zero-order chi connectivity index (χ0) is 5.28. The van der Waals surface area contributed by atoms with Crippen LogP contribution in [0.1, 0.15) is 0 Å². The summed E-state index contributed by atoms with van der Waals surface area (Å²) in [4.78, 5) is 2.61. The standard InChI is InChI=1S/C4H3BrFN/c5-4-1-3(6)2-7-4/h1-2,7H. The van der Waals surface area contributed by atoms with Crippen LogP contribution in [0.5, 0.6) is 0 Å². The van der Waals surface area contributed by atoms with Crippen molar-refractivity contribution in [3.8, 4) is 0 Å². The van der Waals surface area contributed by atoms with E-state index < -0.39 is 0 Å². The van der Waals surface area contributed by atoms with E-state index in [1.807, 2.05) is 0 Å². The van der Waals surface area contributed by atoms with Gasteiger partial charge in [0.05, 0.1) is 4.60 Å². The van der Waals surface area contributed by atoms with E-state index in [0.717, 1.165) is 0 Å². The van der Waals surface area contributed by atoms with Crippen LogP contribution in [0.25, 0.3) is 0 Å². The van der Waals surface area contributed by atoms with Crippen molar-refractivity contribution in [3.63, 3.8) is 0 Å². The Kier molecular flexibility index (Phi) is 1.15. The molecule has 0 aliphatic rings. The Hall–Kier alpha value is -0.310. The SMILES string of the molecule is Fc1c[nH]c(Br)c1. The van der Waals surface area contributed by atoms with E-state index in [2.05, 4.69) is 20.9 Å². The van der Waals surface area contributed by atoms with Crippen LogP contribution < -0.4 is 0 Å². The first kappa shape index (κ1) is 4.84. The minimum atomic E-state index is -0.244. The molecule has 1 nitrogen and oxygen atoms in total. The monoisotopic (exact) mass is 163 g/mol. The molecule has 0 radical (unpaired) electrons. The molecule has 3 heteroatoms. The molecule has 1 heterocycles. The molecule has 0 saturated carbocycles. The number of H-pyrrole nitrogens is 1. The van der Waals surface area contributed by atoms with Crippen LogP contribution in [0, 0.1) is 5.82 Å². The van der Waals surface area contributed by atoms with Crippen molar-refractivity contribution < 1.29 is 4.39 Å². The molecule has 1 aromatic rings. The summed E-state index contributed by atoms with van der Waals surface area (Å²) in [5.41, 5.74) is 0. The van der Waals surface area contributed by atoms with Gasteiger partial charge in [0.15, 0.2) is 0 Å². The predicted octanol–water partition coefficient (Wildman–Crippen LogP) is 1.92. The van der Waals surface area contributed by atoms with Gasteiger partial charge < -0.3 is 4.98 Å². The summed E-state index contributed by atoms with van der Waals surface area (Å²) in [6.07, 6.45) is 1.28. The van der Waals surface area contributed by atoms with Gasteiger partial charge in [-0.3, -0.25) is 0 Å². The predicted molar refractivity (Wildman–Crippen MR) is 28.5 cm³/mol. The molecule has 0 atom stereocenters. The molecule has 0 aromatic carbocycles. The molecular formula is C4H3BrFN. The lowest BCUT2D eigenvalue weighted by molar-refractivity contribution is 0.629. The van der Waals surface area contributed by atoms with Gasteiger partial charge in [0, 0.05) is 12.3 Å². The molecule has 0 saturated heterocycles. The van der Waals surface area contributed by atoms with E-state index in [9.17, 15) is 4.39 Å². The molecule has 38 valence electrons. The number of hydrogen-bond donors (Lipinski definition) is 1. The molecule has 0 fully saturated rings. The summed E-state index contributed by atoms with van der Waals surface area (Å²) >= 11 is 3.04. The fourth-order valence-electron chi connectivity index (χ4n) is 0.342. The van der Waals surface area contributed by atoms with Crippen molar-refractivity contribution >= 4 is 15.9 Å². The van der Waals surface area contributed by atoms with Crippen LogP contribution in [-0.4, -0.2) is 4.98 Å². The van der Waals surface area contributed by atoms with Crippen LogP contribution in [-0.2, 0) is 0 Å². The Bertz CT molecular complexity index is 144. The smallest absolute Gasteiger partial charge is 0.141 e. The highest BCUT2D eigenvalue weighted by Gasteiger charge is 1.88. The molecule has 0 amide bonds. The lowest BCUT2D eigenvalue weighted by Crippen LogP contribution is -1.51. The fraction of sp³-hybridized carbons (Fsp3) is 0. The fourth-order valence-corrected chi connectivity index (χ4v) is 0.675. The Morgan fingerprint density at radius 3 is 2.57 bits per heavy atom. The van der Waals surface area contributed by atoms with E-state index in [-0.39, 0.29) is 5.82 Å². The normalized spacial score (nSPS) is 9.43. The third-order valence-electron chi connectivity index (χ3n) is 0.613. The van der Waals surface area contributed by atoms with E-state index in [1.54, 1.807) is 0 Å². The maximum atomic E-state index is 11.9. The molecule has 0 unspecified atom stereocenters. The molecule has 1 rings (SSSR count). The van der Waals surface area contributed by atoms with Crippen molar-refractivity contribution in [2.75, 3.05) is 0 Å². The first-order valence-corrected chi connectivity index (χ1v) is 2.58. The van der Waals surface area contributed by atoms with Crippen LogP contribution in [0.2, 0.25) is 0 Å². The largest absolute Gasteiger partial charge is 0.353 e. The molecule has 0 aliphatic heterocycles. The van der Waals surface area contributed by atoms with Gasteiger partial charge in [-0.25, -0.2) is 4.39 Å². The van der Waals surface area contributed by atoms with E-state index in [0.29, 0.717) is 4.60 Å². The average molecular weight is 164 g/mol. The van der Waals surface area contributed by atoms with Gasteiger partial charge in [-0.15, -0.1) is 0 Å². The van der Waals surface area contributed by atoms with Gasteiger partial charge in [-0.1, -0.05) is 0 Å². The van der Waals surface area contributed by atoms with Crippen LogP contribution >= 0.6 is 15.9 Å². The summed E-state index contributed by atoms with van der Waals surface area (Å²) < 4.78 is 12.5. The second-order valence-electron chi connectivity index (χ2n) is 1.17. The minimum Gasteiger partial charge on any atom is -0.353 e. The molecule has 1 aromatic heterocycles. The van der Waals surface area contributed by atoms with Crippen molar-refractivity contribution in [1.82, 2.24) is 4.98 Å². The maximum Gasteiger partial charge on any atom is 0.141 e. The third kappa shape index (κ3) is 1.03. The van der Waals surface area contributed by atoms with Crippen LogP contribution in [0.15, 0.2) is 16.9 Å². The lowest BCUT2D eigenvalue weighted by Gasteiger charge is -1.66. The zero-order valence-electron chi connectivity index (χ0n) is 3.41. The Balaban J connectivity index is 3.04. The Labute approximate surface area is 48.7 Å². The van der Waals surface area contributed by atoms with Crippen LogP contribution in [0.4, 0.5) is 4.39 Å². The number of hydrogen-bond acceptors (Lipinski definition) is 0. The number of aromatic nitrogens is 1. The number of nitrogens with one attached hydrogen (secondary N) is 1. The van der Waals surface area contributed by atoms with Crippen molar-refractivity contribution in [1.29, 1.82) is 0 Å². The van der Waals surface area contributed by atoms with E-state index in [4.69, 9.17) is 0 Å². The number of rotatable bonds is 0. The van der Waals surface area contributed by atoms with Gasteiger partial charge in [0.2, 0.25) is 0 Å². The second kappa shape index (κ2) is 1.66. The first-order chi connectivity index (χ1) is 3.29. The Morgan fingerprint density at radius 1 is 1.71 bits per heavy atom. The average Bonchev–Trinajstić information content (AvgIpc) is 1.87. The summed E-state index contributed by atoms with van der Waals surface area (Å²) in [6.45, 7) is 0. The molecule has 7 heavy (non-hydrogen) atoms. The maximum absolute atomic E-state index is 11.9. The quantitative estimate of drug-likeness (QED) is 0.602. The summed E-state index contributed by atoms with van der Waals surface area (Å²) in [5, 5.41) is 0. The Morgan fingerprint density at radius 2 is 2.43 bits per heavy atom. The second-order valence-corrected chi connectivity index (χ2v) is 2.02. The summed E-state index contributed by atoms with van der Waals surface area (Å²) in [6, 6.07) is 1.36. The van der Waals surface area contributed by atoms with Crippen molar-refractivity contribution in [2.45, 2.75) is 0 Å². The van der Waals surface area contributed by atoms with E-state index in [1.165, 1.54) is 12.3 Å². The lowest BCUT2D eigenvalue weighted by atomic mass is 10.6. The summed E-state index contributed by atoms with van der Waals surface area (Å²) in [5.74, 6) is -0.244. The molecule has 0 aliphatic carbocycles. The molecule has 0 bridgehead atoms. The highest BCUT2D eigenvalue weighted by Crippen LogP contribution is 2.06. The molecular weight excluding hydrogens is 161 g/mol. The number of aromatic amines is 1. The van der Waals surface area contributed by atoms with Gasteiger partial charge >= 0.3 is 0 Å². The highest BCUT2D eigenvalue weighted by atomic mass is 79.9. The van der Waals surface area contributed by atoms with Crippen LogP contribution in [0.3, 0.4) is 0 Å². The van der Waals surface area contributed by atoms with Gasteiger partial charge in [0.1, 0.15) is 5.82 Å². The number of halogens is 2. The van der Waals surface area contributed by atoms with Gasteiger partial charge in [-0.2, -0.15) is 0 Å². The minimum absolute atomic E-state index is 0.244. The first-order valence-electron chi connectivity index (χ1n) is 1.78. The van der Waals surface area contributed by atoms with Crippen molar-refractivity contribution in [2.24, 2.45) is 0 Å². The topological polar surface area (TPSA) is 15.8 Å². The van der Waals surface area contributed by atoms with Gasteiger partial charge in [-0.05, 0) is 15.9 Å². The molecule has 1 N–H and O–H groups in total. The van der Waals surface area contributed by atoms with Gasteiger partial charge in [0.25, 0.3) is 0 Å². The third-order valence-corrected chi connectivity index (χ3v) is 1.07.